The predicted octanol–water partition coefficient (Wildman–Crippen LogP) is 4.87. The third-order valence-corrected chi connectivity index (χ3v) is 5.40. The first-order valence-corrected chi connectivity index (χ1v) is 10.5. The fourth-order valence-corrected chi connectivity index (χ4v) is 3.80. The molecule has 3 aromatic rings. The van der Waals surface area contributed by atoms with Crippen molar-refractivity contribution in [2.75, 3.05) is 5.32 Å². The van der Waals surface area contributed by atoms with Crippen molar-refractivity contribution in [2.24, 2.45) is 0 Å². The molecule has 3 aromatic carbocycles. The minimum Gasteiger partial charge on any atom is -0.344 e. The minimum absolute atomic E-state index is 0.204. The van der Waals surface area contributed by atoms with E-state index in [0.717, 1.165) is 25.9 Å². The Balaban J connectivity index is 1.76. The number of anilines is 1. The molecule has 2 N–H and O–H groups in total. The Hall–Kier alpha value is -2.67. The van der Waals surface area contributed by atoms with Crippen LogP contribution in [0.3, 0.4) is 0 Å². The Morgan fingerprint density at radius 3 is 1.90 bits per heavy atom. The van der Waals surface area contributed by atoms with E-state index in [1.54, 1.807) is 6.92 Å². The van der Waals surface area contributed by atoms with Crippen molar-refractivity contribution in [3.8, 4) is 0 Å². The maximum atomic E-state index is 13.1. The maximum absolute atomic E-state index is 13.1. The lowest BCUT2D eigenvalue weighted by atomic mass is 9.90. The molecule has 0 bridgehead atoms. The van der Waals surface area contributed by atoms with E-state index in [1.807, 2.05) is 85.8 Å². The number of rotatable bonds is 6. The molecule has 0 unspecified atom stereocenters. The van der Waals surface area contributed by atoms with Crippen LogP contribution in [-0.4, -0.2) is 17.9 Å². The summed E-state index contributed by atoms with van der Waals surface area (Å²) in [5.41, 5.74) is 3.50. The Morgan fingerprint density at radius 2 is 1.38 bits per heavy atom. The van der Waals surface area contributed by atoms with Crippen LogP contribution in [0.5, 0.6) is 0 Å². The van der Waals surface area contributed by atoms with Crippen LogP contribution in [0.2, 0.25) is 0 Å². The average molecular weight is 498 g/mol. The number of amides is 2. The first-order valence-electron chi connectivity index (χ1n) is 9.43. The second-order valence-electron chi connectivity index (χ2n) is 6.93. The number of hydrogen-bond acceptors (Lipinski definition) is 2. The molecule has 29 heavy (non-hydrogen) atoms. The largest absolute Gasteiger partial charge is 0.344 e. The second-order valence-corrected chi connectivity index (χ2v) is 8.18. The second kappa shape index (κ2) is 9.69. The lowest BCUT2D eigenvalue weighted by molar-refractivity contribution is -0.126. The molecule has 0 saturated carbocycles. The van der Waals surface area contributed by atoms with Crippen molar-refractivity contribution in [3.05, 3.63) is 99.1 Å². The third kappa shape index (κ3) is 5.44. The van der Waals surface area contributed by atoms with E-state index >= 15 is 0 Å². The number of hydrogen-bond donors (Lipinski definition) is 2. The quantitative estimate of drug-likeness (QED) is 0.477. The summed E-state index contributed by atoms with van der Waals surface area (Å²) < 4.78 is 1.10. The number of aryl methyl sites for hydroxylation is 1. The zero-order chi connectivity index (χ0) is 20.8. The first-order chi connectivity index (χ1) is 14.0. The molecule has 5 heteroatoms. The highest BCUT2D eigenvalue weighted by atomic mass is 127. The summed E-state index contributed by atoms with van der Waals surface area (Å²) in [6, 6.07) is 24.3. The summed E-state index contributed by atoms with van der Waals surface area (Å²) in [5, 5.41) is 5.78. The van der Waals surface area contributed by atoms with Gasteiger partial charge in [0.2, 0.25) is 11.8 Å². The molecule has 3 rings (SSSR count). The van der Waals surface area contributed by atoms with E-state index in [4.69, 9.17) is 0 Å². The number of nitrogens with one attached hydrogen (secondary N) is 2. The van der Waals surface area contributed by atoms with E-state index in [0.29, 0.717) is 0 Å². The van der Waals surface area contributed by atoms with Crippen LogP contribution in [-0.2, 0) is 9.59 Å². The van der Waals surface area contributed by atoms with Gasteiger partial charge in [-0.2, -0.15) is 0 Å². The summed E-state index contributed by atoms with van der Waals surface area (Å²) in [6.07, 6.45) is 0. The van der Waals surface area contributed by atoms with Crippen molar-refractivity contribution in [1.82, 2.24) is 5.32 Å². The summed E-state index contributed by atoms with van der Waals surface area (Å²) in [4.78, 5) is 25.8. The number of halogens is 1. The Morgan fingerprint density at radius 1 is 0.828 bits per heavy atom. The van der Waals surface area contributed by atoms with Gasteiger partial charge in [-0.05, 0) is 71.3 Å². The predicted molar refractivity (Wildman–Crippen MR) is 125 cm³/mol. The highest BCUT2D eigenvalue weighted by molar-refractivity contribution is 14.1. The van der Waals surface area contributed by atoms with Crippen LogP contribution in [0.25, 0.3) is 0 Å². The third-order valence-electron chi connectivity index (χ3n) is 4.73. The van der Waals surface area contributed by atoms with Crippen molar-refractivity contribution in [1.29, 1.82) is 0 Å². The van der Waals surface area contributed by atoms with Gasteiger partial charge < -0.3 is 10.6 Å². The van der Waals surface area contributed by atoms with Gasteiger partial charge in [0.05, 0.1) is 5.92 Å². The van der Waals surface area contributed by atoms with Crippen LogP contribution in [0.1, 0.15) is 29.5 Å². The molecule has 148 valence electrons. The fourth-order valence-electron chi connectivity index (χ4n) is 3.16. The molecule has 0 aromatic heterocycles. The van der Waals surface area contributed by atoms with E-state index < -0.39 is 12.0 Å². The molecule has 0 aliphatic rings. The number of carbonyl (C=O) groups excluding carboxylic acids is 2. The van der Waals surface area contributed by atoms with Crippen molar-refractivity contribution >= 4 is 40.1 Å². The zero-order valence-corrected chi connectivity index (χ0v) is 18.5. The standard InChI is InChI=1S/C24H23IN2O2/c1-16-15-20(25)13-14-21(16)27-23(28)17(2)26-24(29)22(18-9-5-3-6-10-18)19-11-7-4-8-12-19/h3-15,17,22H,1-2H3,(H,26,29)(H,27,28)/t17-/m0/s1. The van der Waals surface area contributed by atoms with Gasteiger partial charge in [0.15, 0.2) is 0 Å². The topological polar surface area (TPSA) is 58.2 Å². The first kappa shape index (κ1) is 21.0. The van der Waals surface area contributed by atoms with Crippen LogP contribution in [0.4, 0.5) is 5.69 Å². The van der Waals surface area contributed by atoms with E-state index in [-0.39, 0.29) is 11.8 Å². The lowest BCUT2D eigenvalue weighted by Gasteiger charge is -2.21. The van der Waals surface area contributed by atoms with Crippen LogP contribution in [0.15, 0.2) is 78.9 Å². The minimum atomic E-state index is -0.670. The number of carbonyl (C=O) groups is 2. The molecule has 2 amide bonds. The molecule has 0 radical (unpaired) electrons. The molecule has 0 heterocycles. The van der Waals surface area contributed by atoms with Gasteiger partial charge in [0, 0.05) is 9.26 Å². The SMILES string of the molecule is Cc1cc(I)ccc1NC(=O)[C@H](C)NC(=O)C(c1ccccc1)c1ccccc1. The van der Waals surface area contributed by atoms with E-state index in [1.165, 1.54) is 0 Å². The van der Waals surface area contributed by atoms with E-state index in [9.17, 15) is 9.59 Å². The molecule has 4 nitrogen and oxygen atoms in total. The van der Waals surface area contributed by atoms with Gasteiger partial charge in [0.25, 0.3) is 0 Å². The maximum Gasteiger partial charge on any atom is 0.246 e. The van der Waals surface area contributed by atoms with Gasteiger partial charge in [0.1, 0.15) is 6.04 Å². The molecule has 0 saturated heterocycles. The Bertz CT molecular complexity index is 951. The molecular formula is C24H23IN2O2. The number of benzene rings is 3. The summed E-state index contributed by atoms with van der Waals surface area (Å²) in [5.74, 6) is -0.931. The summed E-state index contributed by atoms with van der Waals surface area (Å²) in [6.45, 7) is 3.64. The average Bonchev–Trinajstić information content (AvgIpc) is 2.71. The normalized spacial score (nSPS) is 11.7. The highest BCUT2D eigenvalue weighted by Gasteiger charge is 2.25. The molecule has 0 spiro atoms. The van der Waals surface area contributed by atoms with Gasteiger partial charge in [-0.15, -0.1) is 0 Å². The van der Waals surface area contributed by atoms with Crippen molar-refractivity contribution in [3.63, 3.8) is 0 Å². The van der Waals surface area contributed by atoms with Gasteiger partial charge >= 0.3 is 0 Å². The summed E-state index contributed by atoms with van der Waals surface area (Å²) >= 11 is 2.23. The lowest BCUT2D eigenvalue weighted by Crippen LogP contribution is -2.43. The smallest absolute Gasteiger partial charge is 0.246 e. The van der Waals surface area contributed by atoms with E-state index in [2.05, 4.69) is 33.2 Å². The van der Waals surface area contributed by atoms with Crippen molar-refractivity contribution < 1.29 is 9.59 Å². The zero-order valence-electron chi connectivity index (χ0n) is 16.4. The van der Waals surface area contributed by atoms with Gasteiger partial charge in [-0.1, -0.05) is 60.7 Å². The van der Waals surface area contributed by atoms with Crippen molar-refractivity contribution in [2.45, 2.75) is 25.8 Å². The molecule has 0 fully saturated rings. The Labute approximate surface area is 184 Å². The highest BCUT2D eigenvalue weighted by Crippen LogP contribution is 2.25. The molecular weight excluding hydrogens is 475 g/mol. The molecule has 0 aliphatic heterocycles. The molecule has 1 atom stereocenters. The molecule has 0 aliphatic carbocycles. The Kier molecular flexibility index (Phi) is 7.04. The van der Waals surface area contributed by atoms with Gasteiger partial charge in [-0.25, -0.2) is 0 Å². The van der Waals surface area contributed by atoms with Crippen LogP contribution >= 0.6 is 22.6 Å². The summed E-state index contributed by atoms with van der Waals surface area (Å²) in [7, 11) is 0. The van der Waals surface area contributed by atoms with Gasteiger partial charge in [-0.3, -0.25) is 9.59 Å². The van der Waals surface area contributed by atoms with Crippen LogP contribution in [0, 0.1) is 10.5 Å². The fraction of sp³-hybridized carbons (Fsp3) is 0.167. The van der Waals surface area contributed by atoms with Crippen LogP contribution < -0.4 is 10.6 Å². The monoisotopic (exact) mass is 498 g/mol.